The van der Waals surface area contributed by atoms with Crippen molar-refractivity contribution in [2.24, 2.45) is 0 Å². The first-order valence-corrected chi connectivity index (χ1v) is 9.83. The van der Waals surface area contributed by atoms with Crippen LogP contribution in [0.4, 0.5) is 8.78 Å². The van der Waals surface area contributed by atoms with Crippen LogP contribution in [0.3, 0.4) is 0 Å². The van der Waals surface area contributed by atoms with E-state index in [-0.39, 0.29) is 17.7 Å². The SMILES string of the molecule is CCn1cc[n+](CCCOC(=O)C(O)(c2ccc(F)cc2)c2ccc(F)cc2)c1C. The number of carbonyl (C=O) groups excluding carboxylic acids is 1. The molecule has 0 unspecified atom stereocenters. The van der Waals surface area contributed by atoms with Gasteiger partial charge in [0.1, 0.15) is 24.0 Å². The van der Waals surface area contributed by atoms with Gasteiger partial charge in [0, 0.05) is 13.3 Å². The number of esters is 1. The Balaban J connectivity index is 1.74. The molecule has 0 saturated carbocycles. The summed E-state index contributed by atoms with van der Waals surface area (Å²) in [5, 5.41) is 11.3. The van der Waals surface area contributed by atoms with Crippen LogP contribution in [0.1, 0.15) is 30.3 Å². The zero-order chi connectivity index (χ0) is 21.7. The van der Waals surface area contributed by atoms with Crippen LogP contribution in [0, 0.1) is 18.6 Å². The third-order valence-corrected chi connectivity index (χ3v) is 5.19. The van der Waals surface area contributed by atoms with Gasteiger partial charge in [-0.05, 0) is 42.3 Å². The molecule has 0 bridgehead atoms. The minimum Gasteiger partial charge on any atom is -0.463 e. The molecule has 0 aliphatic carbocycles. The van der Waals surface area contributed by atoms with Gasteiger partial charge in [0.15, 0.2) is 0 Å². The molecule has 0 saturated heterocycles. The highest BCUT2D eigenvalue weighted by atomic mass is 19.1. The zero-order valence-corrected chi connectivity index (χ0v) is 17.0. The number of ether oxygens (including phenoxy) is 1. The van der Waals surface area contributed by atoms with Gasteiger partial charge in [-0.25, -0.2) is 22.7 Å². The predicted molar refractivity (Wildman–Crippen MR) is 106 cm³/mol. The minimum atomic E-state index is -2.17. The number of hydrogen-bond acceptors (Lipinski definition) is 3. The van der Waals surface area contributed by atoms with Gasteiger partial charge in [-0.1, -0.05) is 24.3 Å². The largest absolute Gasteiger partial charge is 0.463 e. The first-order chi connectivity index (χ1) is 14.4. The lowest BCUT2D eigenvalue weighted by molar-refractivity contribution is -0.702. The number of benzene rings is 2. The fraction of sp³-hybridized carbons (Fsp3) is 0.304. The smallest absolute Gasteiger partial charge is 0.347 e. The van der Waals surface area contributed by atoms with E-state index >= 15 is 0 Å². The molecule has 3 aromatic rings. The van der Waals surface area contributed by atoms with Crippen molar-refractivity contribution in [1.29, 1.82) is 0 Å². The Morgan fingerprint density at radius 3 is 2.07 bits per heavy atom. The molecule has 1 N–H and O–H groups in total. The van der Waals surface area contributed by atoms with Gasteiger partial charge in [-0.15, -0.1) is 0 Å². The van der Waals surface area contributed by atoms with Crippen molar-refractivity contribution in [3.8, 4) is 0 Å². The van der Waals surface area contributed by atoms with Crippen LogP contribution >= 0.6 is 0 Å². The van der Waals surface area contributed by atoms with E-state index in [0.717, 1.165) is 36.6 Å². The summed E-state index contributed by atoms with van der Waals surface area (Å²) in [5.74, 6) is -0.800. The number of imidazole rings is 1. The highest BCUT2D eigenvalue weighted by molar-refractivity contribution is 5.85. The summed E-state index contributed by atoms with van der Waals surface area (Å²) in [6.07, 6.45) is 4.51. The van der Waals surface area contributed by atoms with E-state index in [1.807, 2.05) is 19.3 Å². The lowest BCUT2D eigenvalue weighted by atomic mass is 9.86. The van der Waals surface area contributed by atoms with Gasteiger partial charge < -0.3 is 9.84 Å². The molecule has 0 fully saturated rings. The number of halogens is 2. The van der Waals surface area contributed by atoms with Gasteiger partial charge in [0.25, 0.3) is 5.82 Å². The number of aliphatic hydroxyl groups is 1. The van der Waals surface area contributed by atoms with Crippen LogP contribution in [-0.2, 0) is 28.2 Å². The maximum atomic E-state index is 13.3. The predicted octanol–water partition coefficient (Wildman–Crippen LogP) is 3.25. The van der Waals surface area contributed by atoms with Gasteiger partial charge in [-0.2, -0.15) is 0 Å². The van der Waals surface area contributed by atoms with E-state index in [2.05, 4.69) is 16.1 Å². The average molecular weight is 415 g/mol. The highest BCUT2D eigenvalue weighted by Crippen LogP contribution is 2.31. The van der Waals surface area contributed by atoms with Crippen molar-refractivity contribution in [3.63, 3.8) is 0 Å². The molecule has 0 radical (unpaired) electrons. The maximum Gasteiger partial charge on any atom is 0.347 e. The van der Waals surface area contributed by atoms with Crippen molar-refractivity contribution < 1.29 is 28.0 Å². The van der Waals surface area contributed by atoms with E-state index < -0.39 is 23.2 Å². The van der Waals surface area contributed by atoms with Crippen molar-refractivity contribution in [1.82, 2.24) is 4.57 Å². The number of aromatic nitrogens is 2. The van der Waals surface area contributed by atoms with Gasteiger partial charge in [0.05, 0.1) is 19.7 Å². The second-order valence-electron chi connectivity index (χ2n) is 7.04. The van der Waals surface area contributed by atoms with Crippen molar-refractivity contribution in [2.75, 3.05) is 6.61 Å². The third-order valence-electron chi connectivity index (χ3n) is 5.19. The Bertz CT molecular complexity index is 953. The maximum absolute atomic E-state index is 13.3. The van der Waals surface area contributed by atoms with Gasteiger partial charge in [0.2, 0.25) is 5.60 Å². The summed E-state index contributed by atoms with van der Waals surface area (Å²) < 4.78 is 36.2. The normalized spacial score (nSPS) is 11.5. The molecule has 30 heavy (non-hydrogen) atoms. The average Bonchev–Trinajstić information content (AvgIpc) is 3.11. The molecule has 0 spiro atoms. The molecule has 5 nitrogen and oxygen atoms in total. The molecule has 1 aromatic heterocycles. The van der Waals surface area contributed by atoms with Crippen LogP contribution in [-0.4, -0.2) is 22.2 Å². The summed E-state index contributed by atoms with van der Waals surface area (Å²) >= 11 is 0. The molecule has 2 aromatic carbocycles. The Kier molecular flexibility index (Phi) is 6.62. The summed E-state index contributed by atoms with van der Waals surface area (Å²) in [5.41, 5.74) is -1.88. The monoisotopic (exact) mass is 415 g/mol. The van der Waals surface area contributed by atoms with E-state index in [0.29, 0.717) is 13.0 Å². The summed E-state index contributed by atoms with van der Waals surface area (Å²) in [6.45, 7) is 5.68. The summed E-state index contributed by atoms with van der Waals surface area (Å²) in [7, 11) is 0. The Hall–Kier alpha value is -3.06. The van der Waals surface area contributed by atoms with Crippen molar-refractivity contribution in [2.45, 2.75) is 39.0 Å². The van der Waals surface area contributed by atoms with E-state index in [9.17, 15) is 18.7 Å². The number of aryl methyl sites for hydroxylation is 2. The highest BCUT2D eigenvalue weighted by Gasteiger charge is 2.41. The van der Waals surface area contributed by atoms with Crippen LogP contribution in [0.15, 0.2) is 60.9 Å². The van der Waals surface area contributed by atoms with Crippen LogP contribution < -0.4 is 4.57 Å². The van der Waals surface area contributed by atoms with Crippen molar-refractivity contribution >= 4 is 5.97 Å². The van der Waals surface area contributed by atoms with Gasteiger partial charge >= 0.3 is 5.97 Å². The Morgan fingerprint density at radius 2 is 1.60 bits per heavy atom. The molecule has 0 amide bonds. The summed E-state index contributed by atoms with van der Waals surface area (Å²) in [6, 6.07) is 9.84. The fourth-order valence-electron chi connectivity index (χ4n) is 3.40. The Morgan fingerprint density at radius 1 is 1.07 bits per heavy atom. The van der Waals surface area contributed by atoms with Crippen LogP contribution in [0.5, 0.6) is 0 Å². The standard InChI is InChI=1S/C23H25F2N2O3/c1-3-26-14-15-27(17(26)2)13-4-16-30-22(28)23(29,18-5-9-20(24)10-6-18)19-7-11-21(25)12-8-19/h5-12,14-15,29H,3-4,13,16H2,1-2H3/q+1. The number of hydrogen-bond donors (Lipinski definition) is 1. The summed E-state index contributed by atoms with van der Waals surface area (Å²) in [4.78, 5) is 12.9. The molecular formula is C23H25F2N2O3+. The molecule has 0 aliphatic heterocycles. The molecule has 7 heteroatoms. The van der Waals surface area contributed by atoms with Gasteiger partial charge in [-0.3, -0.25) is 0 Å². The molecule has 1 heterocycles. The van der Waals surface area contributed by atoms with E-state index in [4.69, 9.17) is 4.74 Å². The number of carbonyl (C=O) groups is 1. The van der Waals surface area contributed by atoms with Crippen molar-refractivity contribution in [3.05, 3.63) is 89.5 Å². The molecule has 0 atom stereocenters. The lowest BCUT2D eigenvalue weighted by Crippen LogP contribution is -2.40. The number of nitrogens with zero attached hydrogens (tertiary/aromatic N) is 2. The first kappa shape index (κ1) is 21.6. The Labute approximate surface area is 174 Å². The molecule has 3 rings (SSSR count). The quantitative estimate of drug-likeness (QED) is 0.349. The minimum absolute atomic E-state index is 0.0906. The lowest BCUT2D eigenvalue weighted by Gasteiger charge is -2.27. The van der Waals surface area contributed by atoms with E-state index in [1.54, 1.807) is 0 Å². The number of rotatable bonds is 8. The molecular weight excluding hydrogens is 390 g/mol. The van der Waals surface area contributed by atoms with E-state index in [1.165, 1.54) is 24.3 Å². The third kappa shape index (κ3) is 4.41. The van der Waals surface area contributed by atoms with Crippen LogP contribution in [0.2, 0.25) is 0 Å². The second kappa shape index (κ2) is 9.17. The second-order valence-corrected chi connectivity index (χ2v) is 7.04. The first-order valence-electron chi connectivity index (χ1n) is 9.83. The van der Waals surface area contributed by atoms with Crippen LogP contribution in [0.25, 0.3) is 0 Å². The topological polar surface area (TPSA) is 55.3 Å². The molecule has 158 valence electrons. The fourth-order valence-corrected chi connectivity index (χ4v) is 3.40. The molecule has 0 aliphatic rings. The zero-order valence-electron chi connectivity index (χ0n) is 17.0.